The molecule has 2 amide bonds. The van der Waals surface area contributed by atoms with Gasteiger partial charge in [-0.25, -0.2) is 0 Å². The Labute approximate surface area is 174 Å². The van der Waals surface area contributed by atoms with E-state index in [-0.39, 0.29) is 35.8 Å². The number of primary amides is 1. The van der Waals surface area contributed by atoms with E-state index in [1.807, 2.05) is 6.07 Å². The number of fused-ring (bicyclic) bond motifs is 1. The average molecular weight is 414 g/mol. The van der Waals surface area contributed by atoms with Gasteiger partial charge in [0.15, 0.2) is 0 Å². The first-order valence-electron chi connectivity index (χ1n) is 9.80. The van der Waals surface area contributed by atoms with Crippen molar-refractivity contribution in [2.75, 3.05) is 40.4 Å². The summed E-state index contributed by atoms with van der Waals surface area (Å²) in [5, 5.41) is 3.83. The number of carbonyl (C=O) groups is 3. The second-order valence-corrected chi connectivity index (χ2v) is 7.03. The van der Waals surface area contributed by atoms with Crippen molar-refractivity contribution in [2.24, 2.45) is 5.73 Å². The molecule has 30 heavy (non-hydrogen) atoms. The summed E-state index contributed by atoms with van der Waals surface area (Å²) in [6.07, 6.45) is 0.151. The van der Waals surface area contributed by atoms with Crippen LogP contribution in [0.5, 0.6) is 5.75 Å². The van der Waals surface area contributed by atoms with Crippen LogP contribution < -0.4 is 15.8 Å². The van der Waals surface area contributed by atoms with Gasteiger partial charge in [-0.15, -0.1) is 0 Å². The number of hydrogen-bond acceptors (Lipinski definition) is 7. The number of nitrogens with one attached hydrogen (secondary N) is 1. The van der Waals surface area contributed by atoms with Crippen LogP contribution in [0, 0.1) is 0 Å². The van der Waals surface area contributed by atoms with E-state index >= 15 is 0 Å². The first-order valence-corrected chi connectivity index (χ1v) is 9.80. The molecule has 0 saturated carbocycles. The highest BCUT2D eigenvalue weighted by atomic mass is 16.5. The van der Waals surface area contributed by atoms with Crippen molar-refractivity contribution in [3.63, 3.8) is 0 Å². The standard InChI is InChI=1S/C21H26N4O5/c1-29-16(26)8-7-14(21(28)25-11-9-23-10-12-25)18-17(20(22)27)19(30-2)13-5-3-4-6-15(13)24-18/h3-6,14,23H,7-12H2,1-2H3,(H2,22,27). The smallest absolute Gasteiger partial charge is 0.305 e. The molecule has 1 aliphatic heterocycles. The third-order valence-corrected chi connectivity index (χ3v) is 5.24. The molecule has 1 aromatic carbocycles. The predicted molar refractivity (Wildman–Crippen MR) is 110 cm³/mol. The van der Waals surface area contributed by atoms with Crippen LogP contribution in [0.3, 0.4) is 0 Å². The number of methoxy groups -OCH3 is 2. The van der Waals surface area contributed by atoms with Gasteiger partial charge in [0.1, 0.15) is 11.3 Å². The van der Waals surface area contributed by atoms with Crippen molar-refractivity contribution >= 4 is 28.7 Å². The molecular weight excluding hydrogens is 388 g/mol. The van der Waals surface area contributed by atoms with Crippen LogP contribution in [0.2, 0.25) is 0 Å². The number of nitrogens with two attached hydrogens (primary N) is 1. The Bertz CT molecular complexity index is 956. The highest BCUT2D eigenvalue weighted by Crippen LogP contribution is 2.36. The molecule has 0 aliphatic carbocycles. The fraction of sp³-hybridized carbons (Fsp3) is 0.429. The molecule has 1 aliphatic rings. The molecule has 0 bridgehead atoms. The highest BCUT2D eigenvalue weighted by molar-refractivity contribution is 6.04. The second-order valence-electron chi connectivity index (χ2n) is 7.03. The number of nitrogens with zero attached hydrogens (tertiary/aromatic N) is 2. The Kier molecular flexibility index (Phi) is 6.83. The first-order chi connectivity index (χ1) is 14.5. The summed E-state index contributed by atoms with van der Waals surface area (Å²) in [5.41, 5.74) is 6.56. The number of para-hydroxylation sites is 1. The van der Waals surface area contributed by atoms with Crippen LogP contribution in [0.1, 0.15) is 34.8 Å². The van der Waals surface area contributed by atoms with E-state index in [1.165, 1.54) is 14.2 Å². The van der Waals surface area contributed by atoms with E-state index in [2.05, 4.69) is 10.3 Å². The van der Waals surface area contributed by atoms with Gasteiger partial charge in [-0.05, 0) is 18.6 Å². The van der Waals surface area contributed by atoms with Crippen LogP contribution in [0.25, 0.3) is 10.9 Å². The Hall–Kier alpha value is -3.20. The quantitative estimate of drug-likeness (QED) is 0.643. The Morgan fingerprint density at radius 1 is 1.20 bits per heavy atom. The number of rotatable bonds is 7. The molecule has 9 nitrogen and oxygen atoms in total. The van der Waals surface area contributed by atoms with Crippen molar-refractivity contribution in [1.82, 2.24) is 15.2 Å². The van der Waals surface area contributed by atoms with Crippen LogP contribution in [-0.2, 0) is 14.3 Å². The topological polar surface area (TPSA) is 124 Å². The maximum absolute atomic E-state index is 13.4. The second kappa shape index (κ2) is 9.53. The lowest BCUT2D eigenvalue weighted by Crippen LogP contribution is -2.48. The summed E-state index contributed by atoms with van der Waals surface area (Å²) in [5.74, 6) is -1.94. The molecule has 0 radical (unpaired) electrons. The summed E-state index contributed by atoms with van der Waals surface area (Å²) in [6, 6.07) is 7.17. The normalized spacial score (nSPS) is 14.9. The van der Waals surface area contributed by atoms with Gasteiger partial charge in [0, 0.05) is 38.0 Å². The Morgan fingerprint density at radius 3 is 2.53 bits per heavy atom. The number of hydrogen-bond donors (Lipinski definition) is 2. The molecule has 1 fully saturated rings. The number of carbonyl (C=O) groups excluding carboxylic acids is 3. The third kappa shape index (κ3) is 4.35. The zero-order valence-corrected chi connectivity index (χ0v) is 17.1. The molecule has 1 unspecified atom stereocenters. The van der Waals surface area contributed by atoms with Crippen molar-refractivity contribution in [1.29, 1.82) is 0 Å². The molecular formula is C21H26N4O5. The highest BCUT2D eigenvalue weighted by Gasteiger charge is 2.33. The fourth-order valence-electron chi connectivity index (χ4n) is 3.75. The van der Waals surface area contributed by atoms with Crippen LogP contribution in [0.4, 0.5) is 0 Å². The lowest BCUT2D eigenvalue weighted by Gasteiger charge is -2.31. The number of esters is 1. The van der Waals surface area contributed by atoms with Crippen LogP contribution >= 0.6 is 0 Å². The molecule has 2 heterocycles. The van der Waals surface area contributed by atoms with E-state index in [9.17, 15) is 14.4 Å². The van der Waals surface area contributed by atoms with E-state index < -0.39 is 17.8 Å². The minimum Gasteiger partial charge on any atom is -0.495 e. The van der Waals surface area contributed by atoms with Gasteiger partial charge in [0.25, 0.3) is 5.91 Å². The number of ether oxygens (including phenoxy) is 2. The van der Waals surface area contributed by atoms with Crippen molar-refractivity contribution in [3.8, 4) is 5.75 Å². The maximum atomic E-state index is 13.4. The molecule has 3 rings (SSSR count). The van der Waals surface area contributed by atoms with Gasteiger partial charge < -0.3 is 25.4 Å². The lowest BCUT2D eigenvalue weighted by molar-refractivity contribution is -0.141. The average Bonchev–Trinajstić information content (AvgIpc) is 2.78. The minimum atomic E-state index is -0.830. The lowest BCUT2D eigenvalue weighted by atomic mass is 9.91. The maximum Gasteiger partial charge on any atom is 0.305 e. The van der Waals surface area contributed by atoms with E-state index in [4.69, 9.17) is 15.2 Å². The zero-order chi connectivity index (χ0) is 21.7. The Balaban J connectivity index is 2.15. The van der Waals surface area contributed by atoms with Crippen LogP contribution in [0.15, 0.2) is 24.3 Å². The van der Waals surface area contributed by atoms with Gasteiger partial charge in [-0.3, -0.25) is 19.4 Å². The molecule has 1 saturated heterocycles. The van der Waals surface area contributed by atoms with Crippen molar-refractivity contribution < 1.29 is 23.9 Å². The predicted octanol–water partition coefficient (Wildman–Crippen LogP) is 0.811. The summed E-state index contributed by atoms with van der Waals surface area (Å²) < 4.78 is 10.3. The number of piperazine rings is 1. The number of pyridine rings is 1. The first kappa shape index (κ1) is 21.5. The fourth-order valence-corrected chi connectivity index (χ4v) is 3.75. The number of aromatic nitrogens is 1. The zero-order valence-electron chi connectivity index (χ0n) is 17.1. The summed E-state index contributed by atoms with van der Waals surface area (Å²) in [4.78, 5) is 44.0. The summed E-state index contributed by atoms with van der Waals surface area (Å²) in [7, 11) is 2.74. The van der Waals surface area contributed by atoms with Crippen molar-refractivity contribution in [3.05, 3.63) is 35.5 Å². The van der Waals surface area contributed by atoms with Crippen LogP contribution in [-0.4, -0.2) is 68.1 Å². The van der Waals surface area contributed by atoms with Crippen molar-refractivity contribution in [2.45, 2.75) is 18.8 Å². The molecule has 2 aromatic rings. The SMILES string of the molecule is COC(=O)CCC(C(=O)N1CCNCC1)c1nc2ccccc2c(OC)c1C(N)=O. The number of amides is 2. The third-order valence-electron chi connectivity index (χ3n) is 5.24. The van der Waals surface area contributed by atoms with Gasteiger partial charge in [0.05, 0.1) is 31.3 Å². The summed E-state index contributed by atoms with van der Waals surface area (Å²) in [6.45, 7) is 2.41. The minimum absolute atomic E-state index is 0.00796. The molecule has 0 spiro atoms. The molecule has 1 atom stereocenters. The molecule has 1 aromatic heterocycles. The van der Waals surface area contributed by atoms with Gasteiger partial charge in [0.2, 0.25) is 5.91 Å². The monoisotopic (exact) mass is 414 g/mol. The Morgan fingerprint density at radius 2 is 1.90 bits per heavy atom. The van der Waals surface area contributed by atoms with Gasteiger partial charge in [-0.2, -0.15) is 0 Å². The van der Waals surface area contributed by atoms with E-state index in [0.29, 0.717) is 37.1 Å². The van der Waals surface area contributed by atoms with E-state index in [1.54, 1.807) is 23.1 Å². The number of benzene rings is 1. The molecule has 3 N–H and O–H groups in total. The molecule has 160 valence electrons. The molecule has 9 heteroatoms. The summed E-state index contributed by atoms with van der Waals surface area (Å²) >= 11 is 0. The van der Waals surface area contributed by atoms with Gasteiger partial charge >= 0.3 is 5.97 Å². The van der Waals surface area contributed by atoms with E-state index in [0.717, 1.165) is 0 Å². The largest absolute Gasteiger partial charge is 0.495 e. The van der Waals surface area contributed by atoms with Gasteiger partial charge in [-0.1, -0.05) is 12.1 Å².